The molecule has 0 spiro atoms. The molecule has 10 aromatic rings. The Bertz CT molecular complexity index is 5030. The molecule has 0 bridgehead atoms. The fourth-order valence-electron chi connectivity index (χ4n) is 7.43. The number of para-hydroxylation sites is 3. The van der Waals surface area contributed by atoms with Crippen molar-refractivity contribution >= 4 is 79.2 Å². The van der Waals surface area contributed by atoms with Gasteiger partial charge in [0.2, 0.25) is 0 Å². The monoisotopic (exact) mass is 821 g/mol. The summed E-state index contributed by atoms with van der Waals surface area (Å²) in [5.74, 6) is -3.78. The Morgan fingerprint density at radius 2 is 1.00 bits per heavy atom. The Kier molecular flexibility index (Phi) is 3.22. The van der Waals surface area contributed by atoms with Gasteiger partial charge in [0.05, 0.1) is 66.1 Å². The van der Waals surface area contributed by atoms with Gasteiger partial charge in [-0.3, -0.25) is 0 Å². The zero-order valence-corrected chi connectivity index (χ0v) is 31.2. The van der Waals surface area contributed by atoms with E-state index < -0.39 is 329 Å². The van der Waals surface area contributed by atoms with E-state index in [0.717, 1.165) is 0 Å². The lowest BCUT2D eigenvalue weighted by Gasteiger charge is -2.37. The van der Waals surface area contributed by atoms with Gasteiger partial charge in [0, 0.05) is 21.2 Å². The van der Waals surface area contributed by atoms with Gasteiger partial charge in [0.25, 0.3) is 5.99 Å². The minimum atomic E-state index is -6.49. The number of nitrogens with zero attached hydrogens (tertiary/aromatic N) is 1. The second-order valence-electron chi connectivity index (χ2n) is 12.8. The van der Waals surface area contributed by atoms with E-state index in [2.05, 4.69) is 0 Å². The van der Waals surface area contributed by atoms with Crippen LogP contribution in [0.15, 0.2) is 222 Å². The van der Waals surface area contributed by atoms with E-state index in [1.807, 2.05) is 0 Å². The van der Waals surface area contributed by atoms with Crippen molar-refractivity contribution in [1.82, 2.24) is 4.57 Å². The van der Waals surface area contributed by atoms with E-state index in [1.165, 1.54) is 0 Å². The lowest BCUT2D eigenvalue weighted by Crippen LogP contribution is -2.74. The Morgan fingerprint density at radius 1 is 0.458 bits per heavy atom. The van der Waals surface area contributed by atoms with Crippen LogP contribution in [0.5, 0.6) is 11.5 Å². The maximum Gasteiger partial charge on any atom is 0.289 e. The molecule has 2 aliphatic rings. The van der Waals surface area contributed by atoms with Gasteiger partial charge in [-0.25, -0.2) is 0 Å². The Labute approximate surface area is 400 Å². The molecule has 0 fully saturated rings. The predicted octanol–water partition coefficient (Wildman–Crippen LogP) is 9.81. The van der Waals surface area contributed by atoms with E-state index >= 15 is 0 Å². The van der Waals surface area contributed by atoms with Gasteiger partial charge in [-0.05, 0) is 90.7 Å². The molecule has 276 valence electrons. The Hall–Kier alpha value is -6.79. The third-order valence-corrected chi connectivity index (χ3v) is 15.1. The maximum absolute atomic E-state index is 10.6. The molecule has 1 aromatic heterocycles. The van der Waals surface area contributed by atoms with Crippen molar-refractivity contribution in [3.8, 4) is 39.4 Å². The van der Waals surface area contributed by atoms with Crippen LogP contribution in [0.4, 0.5) is 0 Å². The van der Waals surface area contributed by atoms with Crippen LogP contribution in [-0.2, 0) is 0 Å². The summed E-state index contributed by atoms with van der Waals surface area (Å²) in [5.41, 5.74) is -6.60. The van der Waals surface area contributed by atoms with E-state index in [9.17, 15) is 23.3 Å². The number of fused-ring (bicyclic) bond motifs is 7. The summed E-state index contributed by atoms with van der Waals surface area (Å²) in [6, 6.07) is -40.0. The molecular formula is C54H36BNOSSi. The van der Waals surface area contributed by atoms with Gasteiger partial charge in [0.1, 0.15) is 11.5 Å². The van der Waals surface area contributed by atoms with Gasteiger partial charge >= 0.3 is 0 Å². The Morgan fingerprint density at radius 3 is 1.64 bits per heavy atom. The number of aromatic nitrogens is 1. The van der Waals surface area contributed by atoms with Crippen molar-refractivity contribution < 1.29 is 54.1 Å². The lowest BCUT2D eigenvalue weighted by molar-refractivity contribution is 0.488. The first-order valence-corrected chi connectivity index (χ1v) is 20.2. The molecule has 0 unspecified atom stereocenters. The highest BCUT2D eigenvalue weighted by Crippen LogP contribution is 2.46. The third kappa shape index (κ3) is 5.22. The van der Waals surface area contributed by atoms with Crippen molar-refractivity contribution in [2.75, 3.05) is 0 Å². The second kappa shape index (κ2) is 13.7. The van der Waals surface area contributed by atoms with Crippen LogP contribution in [0.2, 0.25) is 0 Å². The molecule has 3 heterocycles. The largest absolute Gasteiger partial charge is 0.458 e. The van der Waals surface area contributed by atoms with Gasteiger partial charge in [0.15, 0.2) is 8.07 Å². The van der Waals surface area contributed by atoms with E-state index in [4.69, 9.17) is 30.8 Å². The van der Waals surface area contributed by atoms with Crippen LogP contribution in [0.3, 0.4) is 0 Å². The van der Waals surface area contributed by atoms with E-state index in [1.54, 1.807) is 0 Å². The zero-order chi connectivity index (χ0) is 70.2. The van der Waals surface area contributed by atoms with Gasteiger partial charge in [-0.2, -0.15) is 11.6 Å². The normalized spacial score (nSPS) is 21.3. The molecule has 9 aromatic carbocycles. The standard InChI is InChI=1S/C54H36BNOSSi/c1-4-18-38(19-5-1)59(39-20-6-2-7-21-39,40-22-8-3-9-23-40)41-32-33-47-51(36-41)57-52-35-37(34-46-45-27-13-17-31-53(45)58-55(47)54(46)52)42-24-10-14-28-48(42)56-49-29-15-11-25-43(49)44-26-12-16-30-50(44)56/h1-36H/i1D,2D,3D,4D,5D,6D,7D,8D,9D,10D,11D,12D,13D,14D,15D,16D,17D,18D,19D,20D,21D,22D,23D,24D,25D,26D,27D,28D,29D,30D,31D,32D,33D,34D,35D,36D. The topological polar surface area (TPSA) is 14.2 Å². The minimum absolute atomic E-state index is 0.447. The second-order valence-corrected chi connectivity index (χ2v) is 17.4. The fraction of sp³-hybridized carbons (Fsp3) is 0. The number of ether oxygens (including phenoxy) is 1. The molecule has 2 aliphatic heterocycles. The van der Waals surface area contributed by atoms with Gasteiger partial charge in [-0.1, -0.05) is 175 Å². The first-order valence-electron chi connectivity index (χ1n) is 35.3. The quantitative estimate of drug-likeness (QED) is 0.123. The average molecular weight is 822 g/mol. The summed E-state index contributed by atoms with van der Waals surface area (Å²) < 4.78 is 342. The summed E-state index contributed by atoms with van der Waals surface area (Å²) in [7, 11) is -6.49. The molecule has 0 atom stereocenters. The molecule has 0 saturated heterocycles. The SMILES string of the molecule is [2H]c1c([2H])c([2H])c([Si](c2c([2H])c([2H])c([2H])c([2H])c2[2H])(c2c([2H])c([2H])c([2H])c([2H])c2[2H])c2c([2H])c([2H])c3c(c2[2H])Oc2c([2H])c(-c4c([2H])c([2H])c([2H])c([2H])c4-n4c5c([2H])c([2H])c([2H])c([2H])c5c5c([2H])c([2H])c([2H])c([2H])c54)c([2H])c4c2B3Sc2c([2H])c([2H])c([2H])c([2H])c2-4)c([2H])c1[2H]. The fourth-order valence-corrected chi connectivity index (χ4v) is 12.2. The molecule has 0 radical (unpaired) electrons. The molecule has 0 aliphatic carbocycles. The summed E-state index contributed by atoms with van der Waals surface area (Å²) in [6.45, 7) is 0. The van der Waals surface area contributed by atoms with Crippen molar-refractivity contribution in [2.24, 2.45) is 0 Å². The minimum Gasteiger partial charge on any atom is -0.458 e. The number of hydrogen-bond acceptors (Lipinski definition) is 2. The zero-order valence-electron chi connectivity index (χ0n) is 65.3. The smallest absolute Gasteiger partial charge is 0.289 e. The Balaban J connectivity index is 1.33. The van der Waals surface area contributed by atoms with Gasteiger partial charge < -0.3 is 9.30 Å². The van der Waals surface area contributed by atoms with Crippen molar-refractivity contribution in [3.63, 3.8) is 0 Å². The third-order valence-electron chi connectivity index (χ3n) is 9.85. The molecule has 0 saturated carbocycles. The van der Waals surface area contributed by atoms with Crippen molar-refractivity contribution in [2.45, 2.75) is 4.90 Å². The van der Waals surface area contributed by atoms with E-state index in [-0.39, 0.29) is 0 Å². The molecule has 0 N–H and O–H groups in total. The highest BCUT2D eigenvalue weighted by Gasteiger charge is 2.44. The summed E-state index contributed by atoms with van der Waals surface area (Å²) in [6.07, 6.45) is 0. The molecule has 0 amide bonds. The molecule has 2 nitrogen and oxygen atoms in total. The first-order chi connectivity index (χ1) is 44.2. The molecule has 5 heteroatoms. The average Bonchev–Trinajstić information content (AvgIpc) is 0.949. The van der Waals surface area contributed by atoms with Crippen LogP contribution in [0.1, 0.15) is 49.3 Å². The van der Waals surface area contributed by atoms with E-state index in [0.29, 0.717) is 16.2 Å². The highest BCUT2D eigenvalue weighted by molar-refractivity contribution is 8.28. The number of rotatable bonds is 6. The summed E-state index contributed by atoms with van der Waals surface area (Å²) >= 11 is 0.487. The molecule has 59 heavy (non-hydrogen) atoms. The summed E-state index contributed by atoms with van der Waals surface area (Å²) in [4.78, 5) is -0.447. The first kappa shape index (κ1) is 13.9. The number of benzene rings is 9. The highest BCUT2D eigenvalue weighted by atomic mass is 32.2. The maximum atomic E-state index is 10.6. The van der Waals surface area contributed by atoms with Crippen LogP contribution in [-0.4, -0.2) is 18.6 Å². The van der Waals surface area contributed by atoms with Gasteiger partial charge in [-0.15, -0.1) is 0 Å². The van der Waals surface area contributed by atoms with Crippen LogP contribution >= 0.6 is 11.6 Å². The predicted molar refractivity (Wildman–Crippen MR) is 253 cm³/mol. The number of hydrogen-bond donors (Lipinski definition) is 0. The summed E-state index contributed by atoms with van der Waals surface area (Å²) in [5, 5.41) is -5.91. The molecule has 12 rings (SSSR count). The van der Waals surface area contributed by atoms with Crippen LogP contribution in [0.25, 0.3) is 49.7 Å². The van der Waals surface area contributed by atoms with Crippen LogP contribution in [0, 0.1) is 0 Å². The van der Waals surface area contributed by atoms with Crippen molar-refractivity contribution in [3.05, 3.63) is 218 Å². The molecular weight excluding hydrogens is 750 g/mol. The lowest BCUT2D eigenvalue weighted by atomic mass is 9.57. The van der Waals surface area contributed by atoms with Crippen molar-refractivity contribution in [1.29, 1.82) is 0 Å². The van der Waals surface area contributed by atoms with Crippen LogP contribution < -0.4 is 36.4 Å².